The van der Waals surface area contributed by atoms with E-state index in [1.807, 2.05) is 0 Å². The van der Waals surface area contributed by atoms with Crippen LogP contribution in [0.2, 0.25) is 0 Å². The van der Waals surface area contributed by atoms with Crippen LogP contribution in [-0.2, 0) is 0 Å². The van der Waals surface area contributed by atoms with Gasteiger partial charge in [-0.2, -0.15) is 8.78 Å². The predicted molar refractivity (Wildman–Crippen MR) is 37.1 cm³/mol. The Hall–Kier alpha value is 0.980. The van der Waals surface area contributed by atoms with E-state index in [4.69, 9.17) is 39.9 Å². The van der Waals surface area contributed by atoms with Gasteiger partial charge < -0.3 is 5.11 Å². The molecule has 0 aromatic rings. The second-order valence-electron chi connectivity index (χ2n) is 1.49. The van der Waals surface area contributed by atoms with Crippen LogP contribution < -0.4 is 0 Å². The fourth-order valence-corrected chi connectivity index (χ4v) is 0.928. The first-order chi connectivity index (χ1) is 4.15. The zero-order valence-corrected chi connectivity index (χ0v) is 7.32. The summed E-state index contributed by atoms with van der Waals surface area (Å²) in [6, 6.07) is 0. The van der Waals surface area contributed by atoms with Crippen LogP contribution in [0.25, 0.3) is 0 Å². The number of rotatable bonds is 1. The van der Waals surface area contributed by atoms with Crippen LogP contribution >= 0.6 is 46.4 Å². The molecular weight excluding hydrogens is 232 g/mol. The zero-order valence-electron chi connectivity index (χ0n) is 4.29. The third-order valence-electron chi connectivity index (χ3n) is 0.620. The molecule has 0 aliphatic heterocycles. The molecule has 1 unspecified atom stereocenters. The molecule has 0 aliphatic carbocycles. The van der Waals surface area contributed by atoms with Gasteiger partial charge in [-0.3, -0.25) is 0 Å². The number of hydrogen-bond acceptors (Lipinski definition) is 1. The van der Waals surface area contributed by atoms with Gasteiger partial charge >= 0.3 is 5.38 Å². The first-order valence-corrected chi connectivity index (χ1v) is 3.48. The van der Waals surface area contributed by atoms with Crippen LogP contribution in [0.5, 0.6) is 0 Å². The molecule has 0 saturated carbocycles. The molecule has 1 atom stereocenters. The van der Waals surface area contributed by atoms with E-state index >= 15 is 0 Å². The molecule has 0 radical (unpaired) electrons. The Bertz CT molecular complexity index is 103. The predicted octanol–water partition coefficient (Wildman–Crippen LogP) is 2.55. The molecule has 62 valence electrons. The van der Waals surface area contributed by atoms with E-state index in [9.17, 15) is 8.78 Å². The molecule has 0 aliphatic rings. The third-order valence-corrected chi connectivity index (χ3v) is 1.45. The SMILES string of the molecule is OC(C(F)(F)Cl)C(Cl)(Cl)Cl. The van der Waals surface area contributed by atoms with Crippen LogP contribution in [0.1, 0.15) is 0 Å². The standard InChI is InChI=1S/C3H2Cl4F2O/c4-2(5,6)1(10)3(7,8)9/h1,10H. The summed E-state index contributed by atoms with van der Waals surface area (Å²) in [6.45, 7) is 0. The molecule has 0 saturated heterocycles. The van der Waals surface area contributed by atoms with Gasteiger partial charge in [0.05, 0.1) is 0 Å². The molecule has 0 rings (SSSR count). The maximum absolute atomic E-state index is 11.9. The number of halogens is 6. The fraction of sp³-hybridized carbons (Fsp3) is 1.00. The molecule has 0 aromatic carbocycles. The summed E-state index contributed by atoms with van der Waals surface area (Å²) in [5, 5.41) is 4.52. The molecule has 7 heteroatoms. The van der Waals surface area contributed by atoms with Gasteiger partial charge in [0.15, 0.2) is 6.10 Å². The summed E-state index contributed by atoms with van der Waals surface area (Å²) in [5.74, 6) is 0. The average Bonchev–Trinajstić information content (AvgIpc) is 1.59. The molecule has 0 aromatic heterocycles. The van der Waals surface area contributed by atoms with Crippen molar-refractivity contribution >= 4 is 46.4 Å². The second-order valence-corrected chi connectivity index (χ2v) is 4.36. The molecule has 1 nitrogen and oxygen atoms in total. The Kier molecular flexibility index (Phi) is 3.46. The summed E-state index contributed by atoms with van der Waals surface area (Å²) in [7, 11) is 0. The zero-order chi connectivity index (χ0) is 8.58. The van der Waals surface area contributed by atoms with E-state index in [2.05, 4.69) is 11.6 Å². The monoisotopic (exact) mass is 232 g/mol. The van der Waals surface area contributed by atoms with E-state index in [1.54, 1.807) is 0 Å². The van der Waals surface area contributed by atoms with Gasteiger partial charge in [-0.05, 0) is 11.6 Å². The smallest absolute Gasteiger partial charge is 0.351 e. The molecule has 1 N–H and O–H groups in total. The van der Waals surface area contributed by atoms with Crippen molar-refractivity contribution in [1.29, 1.82) is 0 Å². The summed E-state index contributed by atoms with van der Waals surface area (Å²) in [5.41, 5.74) is 0. The minimum Gasteiger partial charge on any atom is -0.381 e. The molecule has 0 fully saturated rings. The maximum atomic E-state index is 11.9. The highest BCUT2D eigenvalue weighted by Crippen LogP contribution is 2.39. The second kappa shape index (κ2) is 3.15. The third kappa shape index (κ3) is 3.39. The Balaban J connectivity index is 4.23. The lowest BCUT2D eigenvalue weighted by Crippen LogP contribution is -2.38. The van der Waals surface area contributed by atoms with E-state index < -0.39 is 15.3 Å². The number of aliphatic hydroxyl groups excluding tert-OH is 1. The Morgan fingerprint density at radius 1 is 1.10 bits per heavy atom. The largest absolute Gasteiger partial charge is 0.381 e. The van der Waals surface area contributed by atoms with E-state index in [0.29, 0.717) is 0 Å². The quantitative estimate of drug-likeness (QED) is 0.691. The van der Waals surface area contributed by atoms with Gasteiger partial charge in [0.1, 0.15) is 0 Å². The number of aliphatic hydroxyl groups is 1. The molecule has 0 spiro atoms. The van der Waals surface area contributed by atoms with Crippen molar-refractivity contribution in [1.82, 2.24) is 0 Å². The van der Waals surface area contributed by atoms with Crippen LogP contribution in [0, 0.1) is 0 Å². The Morgan fingerprint density at radius 3 is 1.40 bits per heavy atom. The molecular formula is C3H2Cl4F2O. The highest BCUT2D eigenvalue weighted by Gasteiger charge is 2.48. The van der Waals surface area contributed by atoms with E-state index in [-0.39, 0.29) is 0 Å². The summed E-state index contributed by atoms with van der Waals surface area (Å²) in [4.78, 5) is 0. The van der Waals surface area contributed by atoms with Crippen molar-refractivity contribution in [2.45, 2.75) is 15.3 Å². The van der Waals surface area contributed by atoms with Gasteiger partial charge in [0, 0.05) is 0 Å². The van der Waals surface area contributed by atoms with Crippen molar-refractivity contribution in [2.75, 3.05) is 0 Å². The number of hydrogen-bond donors (Lipinski definition) is 1. The minimum atomic E-state index is -3.93. The van der Waals surface area contributed by atoms with Crippen molar-refractivity contribution in [3.63, 3.8) is 0 Å². The number of alkyl halides is 6. The van der Waals surface area contributed by atoms with Gasteiger partial charge in [-0.15, -0.1) is 0 Å². The van der Waals surface area contributed by atoms with E-state index in [0.717, 1.165) is 0 Å². The van der Waals surface area contributed by atoms with Gasteiger partial charge in [0.2, 0.25) is 3.79 Å². The average molecular weight is 234 g/mol. The highest BCUT2D eigenvalue weighted by molar-refractivity contribution is 6.68. The molecule has 0 amide bonds. The Labute approximate surface area is 75.8 Å². The lowest BCUT2D eigenvalue weighted by molar-refractivity contribution is -0.0379. The fourth-order valence-electron chi connectivity index (χ4n) is 0.186. The van der Waals surface area contributed by atoms with Crippen LogP contribution in [0.4, 0.5) is 8.78 Å². The van der Waals surface area contributed by atoms with Crippen LogP contribution in [0.15, 0.2) is 0 Å². The summed E-state index contributed by atoms with van der Waals surface area (Å²) >= 11 is 19.0. The lowest BCUT2D eigenvalue weighted by Gasteiger charge is -2.22. The van der Waals surface area contributed by atoms with Gasteiger partial charge in [0.25, 0.3) is 0 Å². The first-order valence-electron chi connectivity index (χ1n) is 1.97. The van der Waals surface area contributed by atoms with E-state index in [1.165, 1.54) is 0 Å². The summed E-state index contributed by atoms with van der Waals surface area (Å²) in [6.07, 6.45) is -2.51. The van der Waals surface area contributed by atoms with Crippen molar-refractivity contribution in [3.05, 3.63) is 0 Å². The highest BCUT2D eigenvalue weighted by atomic mass is 35.6. The molecule has 0 bridgehead atoms. The molecule has 0 heterocycles. The molecule has 10 heavy (non-hydrogen) atoms. The van der Waals surface area contributed by atoms with Crippen molar-refractivity contribution < 1.29 is 13.9 Å². The normalized spacial score (nSPS) is 17.1. The van der Waals surface area contributed by atoms with Gasteiger partial charge in [-0.25, -0.2) is 0 Å². The topological polar surface area (TPSA) is 20.2 Å². The maximum Gasteiger partial charge on any atom is 0.351 e. The van der Waals surface area contributed by atoms with Crippen LogP contribution in [-0.4, -0.2) is 20.4 Å². The van der Waals surface area contributed by atoms with Crippen LogP contribution in [0.3, 0.4) is 0 Å². The Morgan fingerprint density at radius 2 is 1.40 bits per heavy atom. The lowest BCUT2D eigenvalue weighted by atomic mass is 10.4. The summed E-state index contributed by atoms with van der Waals surface area (Å²) < 4.78 is 21.3. The van der Waals surface area contributed by atoms with Crippen molar-refractivity contribution in [2.24, 2.45) is 0 Å². The minimum absolute atomic E-state index is 2.47. The first kappa shape index (κ1) is 11.0. The van der Waals surface area contributed by atoms with Gasteiger partial charge in [-0.1, -0.05) is 34.8 Å². The van der Waals surface area contributed by atoms with Crippen molar-refractivity contribution in [3.8, 4) is 0 Å².